The number of nitrogens with one attached hydrogen (secondary N) is 1. The van der Waals surface area contributed by atoms with E-state index < -0.39 is 6.09 Å². The lowest BCUT2D eigenvalue weighted by Crippen LogP contribution is -2.08. The number of para-hydroxylation sites is 1. The van der Waals surface area contributed by atoms with E-state index in [1.54, 1.807) is 23.5 Å². The van der Waals surface area contributed by atoms with Crippen LogP contribution < -0.4 is 5.32 Å². The molecule has 5 heteroatoms. The number of hydrogen-bond donors (Lipinski definition) is 2. The van der Waals surface area contributed by atoms with Crippen molar-refractivity contribution in [2.75, 3.05) is 5.32 Å². The van der Waals surface area contributed by atoms with Gasteiger partial charge < -0.3 is 5.11 Å². The molecule has 0 atom stereocenters. The van der Waals surface area contributed by atoms with Crippen molar-refractivity contribution in [3.8, 4) is 10.6 Å². The second-order valence-corrected chi connectivity index (χ2v) is 5.58. The molecule has 0 radical (unpaired) electrons. The predicted molar refractivity (Wildman–Crippen MR) is 77.7 cm³/mol. The van der Waals surface area contributed by atoms with E-state index in [1.165, 1.54) is 0 Å². The van der Waals surface area contributed by atoms with Crippen LogP contribution >= 0.6 is 11.3 Å². The van der Waals surface area contributed by atoms with E-state index >= 15 is 0 Å². The lowest BCUT2D eigenvalue weighted by Gasteiger charge is -2.06. The molecule has 4 nitrogen and oxygen atoms in total. The first-order valence-electron chi connectivity index (χ1n) is 6.10. The number of thiazole rings is 1. The summed E-state index contributed by atoms with van der Waals surface area (Å²) in [6.07, 6.45) is -0.128. The molecule has 0 fully saturated rings. The predicted octanol–water partition coefficient (Wildman–Crippen LogP) is 4.10. The van der Waals surface area contributed by atoms with Gasteiger partial charge in [0.2, 0.25) is 0 Å². The van der Waals surface area contributed by atoms with Gasteiger partial charge in [-0.1, -0.05) is 26.0 Å². The van der Waals surface area contributed by atoms with Crippen LogP contribution in [0.15, 0.2) is 29.6 Å². The molecule has 1 heterocycles. The Hall–Kier alpha value is -1.88. The average Bonchev–Trinajstić information content (AvgIpc) is 2.76. The van der Waals surface area contributed by atoms with Crippen LogP contribution in [-0.2, 0) is 6.42 Å². The molecule has 0 saturated heterocycles. The lowest BCUT2D eigenvalue weighted by molar-refractivity contribution is 0.210. The van der Waals surface area contributed by atoms with Gasteiger partial charge in [0.1, 0.15) is 5.01 Å². The van der Waals surface area contributed by atoms with Gasteiger partial charge in [-0.3, -0.25) is 5.32 Å². The Morgan fingerprint density at radius 3 is 2.84 bits per heavy atom. The van der Waals surface area contributed by atoms with Crippen LogP contribution in [0, 0.1) is 5.92 Å². The van der Waals surface area contributed by atoms with Crippen LogP contribution in [0.4, 0.5) is 10.5 Å². The molecule has 2 rings (SSSR count). The molecule has 0 aliphatic carbocycles. The maximum atomic E-state index is 10.8. The molecule has 2 N–H and O–H groups in total. The van der Waals surface area contributed by atoms with E-state index in [1.807, 2.05) is 17.5 Å². The van der Waals surface area contributed by atoms with Crippen molar-refractivity contribution in [1.82, 2.24) is 4.98 Å². The Morgan fingerprint density at radius 1 is 1.42 bits per heavy atom. The van der Waals surface area contributed by atoms with Gasteiger partial charge >= 0.3 is 6.09 Å². The van der Waals surface area contributed by atoms with Gasteiger partial charge in [-0.05, 0) is 24.5 Å². The van der Waals surface area contributed by atoms with Gasteiger partial charge in [0.15, 0.2) is 0 Å². The van der Waals surface area contributed by atoms with E-state index in [4.69, 9.17) is 5.11 Å². The Labute approximate surface area is 116 Å². The van der Waals surface area contributed by atoms with Gasteiger partial charge in [0.05, 0.1) is 11.4 Å². The molecule has 0 aliphatic heterocycles. The van der Waals surface area contributed by atoms with Crippen molar-refractivity contribution in [3.63, 3.8) is 0 Å². The Kier molecular flexibility index (Phi) is 4.16. The molecular formula is C14H16N2O2S. The van der Waals surface area contributed by atoms with Gasteiger partial charge in [0.25, 0.3) is 0 Å². The van der Waals surface area contributed by atoms with Crippen molar-refractivity contribution >= 4 is 23.1 Å². The molecule has 100 valence electrons. The SMILES string of the molecule is CC(C)Cc1csc(-c2ccccc2NC(=O)O)n1. The van der Waals surface area contributed by atoms with E-state index in [9.17, 15) is 4.79 Å². The zero-order chi connectivity index (χ0) is 13.8. The maximum Gasteiger partial charge on any atom is 0.409 e. The third-order valence-corrected chi connectivity index (χ3v) is 3.49. The minimum atomic E-state index is -1.06. The van der Waals surface area contributed by atoms with E-state index in [0.29, 0.717) is 11.6 Å². The molecule has 0 spiro atoms. The van der Waals surface area contributed by atoms with Crippen LogP contribution in [0.1, 0.15) is 19.5 Å². The van der Waals surface area contributed by atoms with Crippen LogP contribution in [0.25, 0.3) is 10.6 Å². The average molecular weight is 276 g/mol. The molecular weight excluding hydrogens is 260 g/mol. The zero-order valence-corrected chi connectivity index (χ0v) is 11.7. The second-order valence-electron chi connectivity index (χ2n) is 4.72. The highest BCUT2D eigenvalue weighted by Gasteiger charge is 2.11. The van der Waals surface area contributed by atoms with E-state index in [0.717, 1.165) is 22.7 Å². The number of benzene rings is 1. The number of carbonyl (C=O) groups is 1. The molecule has 0 unspecified atom stereocenters. The Balaban J connectivity index is 2.30. The lowest BCUT2D eigenvalue weighted by atomic mass is 10.1. The molecule has 0 aliphatic rings. The number of anilines is 1. The molecule has 1 aromatic carbocycles. The topological polar surface area (TPSA) is 62.2 Å². The van der Waals surface area contributed by atoms with E-state index in [-0.39, 0.29) is 0 Å². The minimum Gasteiger partial charge on any atom is -0.465 e. The fourth-order valence-electron chi connectivity index (χ4n) is 1.84. The van der Waals surface area contributed by atoms with Crippen LogP contribution in [0.5, 0.6) is 0 Å². The second kappa shape index (κ2) is 5.84. The number of hydrogen-bond acceptors (Lipinski definition) is 3. The third kappa shape index (κ3) is 3.54. The summed E-state index contributed by atoms with van der Waals surface area (Å²) in [5, 5.41) is 14.1. The van der Waals surface area contributed by atoms with Crippen molar-refractivity contribution in [2.24, 2.45) is 5.92 Å². The summed E-state index contributed by atoms with van der Waals surface area (Å²) in [5.41, 5.74) is 2.45. The van der Waals surface area contributed by atoms with Gasteiger partial charge in [0, 0.05) is 10.9 Å². The molecule has 19 heavy (non-hydrogen) atoms. The fraction of sp³-hybridized carbons (Fsp3) is 0.286. The highest BCUT2D eigenvalue weighted by molar-refractivity contribution is 7.13. The van der Waals surface area contributed by atoms with Crippen LogP contribution in [-0.4, -0.2) is 16.2 Å². The first-order valence-corrected chi connectivity index (χ1v) is 6.98. The van der Waals surface area contributed by atoms with Crippen LogP contribution in [0.2, 0.25) is 0 Å². The number of aromatic nitrogens is 1. The van der Waals surface area contributed by atoms with Gasteiger partial charge in [-0.15, -0.1) is 11.3 Å². The summed E-state index contributed by atoms with van der Waals surface area (Å²) in [6.45, 7) is 4.30. The van der Waals surface area contributed by atoms with Crippen molar-refractivity contribution in [3.05, 3.63) is 35.3 Å². The smallest absolute Gasteiger partial charge is 0.409 e. The normalized spacial score (nSPS) is 10.7. The molecule has 0 bridgehead atoms. The molecule has 0 saturated carbocycles. The largest absolute Gasteiger partial charge is 0.465 e. The third-order valence-electron chi connectivity index (χ3n) is 2.57. The first-order chi connectivity index (χ1) is 9.06. The highest BCUT2D eigenvalue weighted by atomic mass is 32.1. The first kappa shape index (κ1) is 13.5. The highest BCUT2D eigenvalue weighted by Crippen LogP contribution is 2.30. The standard InChI is InChI=1S/C14H16N2O2S/c1-9(2)7-10-8-19-13(15-10)11-5-3-4-6-12(11)16-14(17)18/h3-6,8-9,16H,7H2,1-2H3,(H,17,18). The maximum absolute atomic E-state index is 10.8. The summed E-state index contributed by atoms with van der Waals surface area (Å²) in [7, 11) is 0. The van der Waals surface area contributed by atoms with Crippen molar-refractivity contribution in [1.29, 1.82) is 0 Å². The fourth-order valence-corrected chi connectivity index (χ4v) is 2.71. The minimum absolute atomic E-state index is 0.558. The summed E-state index contributed by atoms with van der Waals surface area (Å²) in [5.74, 6) is 0.558. The summed E-state index contributed by atoms with van der Waals surface area (Å²) >= 11 is 1.54. The monoisotopic (exact) mass is 276 g/mol. The van der Waals surface area contributed by atoms with Gasteiger partial charge in [-0.25, -0.2) is 9.78 Å². The van der Waals surface area contributed by atoms with Crippen molar-refractivity contribution < 1.29 is 9.90 Å². The summed E-state index contributed by atoms with van der Waals surface area (Å²) in [4.78, 5) is 15.3. The Bertz CT molecular complexity index is 578. The number of nitrogens with zero attached hydrogens (tertiary/aromatic N) is 1. The summed E-state index contributed by atoms with van der Waals surface area (Å²) < 4.78 is 0. The van der Waals surface area contributed by atoms with Gasteiger partial charge in [-0.2, -0.15) is 0 Å². The molecule has 2 aromatic rings. The quantitative estimate of drug-likeness (QED) is 0.883. The zero-order valence-electron chi connectivity index (χ0n) is 10.9. The number of rotatable bonds is 4. The summed E-state index contributed by atoms with van der Waals surface area (Å²) in [6, 6.07) is 7.31. The molecule has 1 aromatic heterocycles. The molecule has 1 amide bonds. The Morgan fingerprint density at radius 2 is 2.16 bits per heavy atom. The van der Waals surface area contributed by atoms with Crippen molar-refractivity contribution in [2.45, 2.75) is 20.3 Å². The van der Waals surface area contributed by atoms with E-state index in [2.05, 4.69) is 24.1 Å². The number of amides is 1. The number of carboxylic acid groups (broad SMARTS) is 1. The van der Waals surface area contributed by atoms with Crippen LogP contribution in [0.3, 0.4) is 0 Å².